The third-order valence-electron chi connectivity index (χ3n) is 9.80. The van der Waals surface area contributed by atoms with Gasteiger partial charge in [-0.3, -0.25) is 14.3 Å². The zero-order chi connectivity index (χ0) is 41.8. The summed E-state index contributed by atoms with van der Waals surface area (Å²) in [4.78, 5) is 45.2. The van der Waals surface area contributed by atoms with Gasteiger partial charge < -0.3 is 43.2 Å². The van der Waals surface area contributed by atoms with Crippen LogP contribution in [-0.4, -0.2) is 88.5 Å². The Hall–Kier alpha value is -6.73. The molecule has 7 aromatic heterocycles. The molecule has 0 bridgehead atoms. The fourth-order valence-corrected chi connectivity index (χ4v) is 6.91. The number of hydrogen-bond acceptors (Lipinski definition) is 12. The summed E-state index contributed by atoms with van der Waals surface area (Å²) < 4.78 is 55.8. The summed E-state index contributed by atoms with van der Waals surface area (Å²) in [6.07, 6.45) is 10.3. The Morgan fingerprint density at radius 3 is 2.35 bits per heavy atom. The first-order valence-electron chi connectivity index (χ1n) is 19.5. The molecule has 312 valence electrons. The lowest BCUT2D eigenvalue weighted by Gasteiger charge is -2.14. The van der Waals surface area contributed by atoms with Crippen molar-refractivity contribution in [2.24, 2.45) is 13.0 Å². The number of rotatable bonds is 17. The molecule has 0 saturated carbocycles. The van der Waals surface area contributed by atoms with Crippen molar-refractivity contribution in [1.29, 1.82) is 0 Å². The van der Waals surface area contributed by atoms with Crippen LogP contribution in [0.25, 0.3) is 22.7 Å². The minimum absolute atomic E-state index is 0.00305. The number of pyridine rings is 3. The van der Waals surface area contributed by atoms with Gasteiger partial charge >= 0.3 is 0 Å². The number of anilines is 2. The van der Waals surface area contributed by atoms with Crippen LogP contribution in [0.15, 0.2) is 71.9 Å². The van der Waals surface area contributed by atoms with Gasteiger partial charge in [-0.1, -0.05) is 6.07 Å². The van der Waals surface area contributed by atoms with E-state index in [1.54, 1.807) is 59.2 Å². The number of fused-ring (bicyclic) bond motifs is 2. The number of ether oxygens (including phenoxy) is 3. The molecule has 1 saturated heterocycles. The zero-order valence-electron chi connectivity index (χ0n) is 32.8. The van der Waals surface area contributed by atoms with Crippen LogP contribution in [0, 0.1) is 5.92 Å². The van der Waals surface area contributed by atoms with Crippen LogP contribution in [0.3, 0.4) is 0 Å². The highest BCUT2D eigenvalue weighted by molar-refractivity contribution is 6.05. The number of nitrogens with one attached hydrogen (secondary N) is 2. The molecule has 7 aromatic rings. The van der Waals surface area contributed by atoms with Gasteiger partial charge in [-0.05, 0) is 50.7 Å². The van der Waals surface area contributed by atoms with Crippen molar-refractivity contribution >= 4 is 34.5 Å². The van der Waals surface area contributed by atoms with Gasteiger partial charge in [-0.25, -0.2) is 28.7 Å². The first kappa shape index (κ1) is 40.1. The number of carbonyl (C=O) groups is 2. The van der Waals surface area contributed by atoms with Crippen LogP contribution in [-0.2, 0) is 31.0 Å². The van der Waals surface area contributed by atoms with Gasteiger partial charge in [0.05, 0.1) is 36.4 Å². The van der Waals surface area contributed by atoms with Crippen LogP contribution in [0.4, 0.5) is 20.2 Å². The molecular formula is C41H42F2N10O7. The summed E-state index contributed by atoms with van der Waals surface area (Å²) in [7, 11) is 1.75. The van der Waals surface area contributed by atoms with E-state index in [4.69, 9.17) is 23.6 Å². The molecular weight excluding hydrogens is 783 g/mol. The summed E-state index contributed by atoms with van der Waals surface area (Å²) in [5, 5.41) is 19.2. The van der Waals surface area contributed by atoms with Crippen LogP contribution < -0.4 is 20.1 Å². The minimum atomic E-state index is -2.86. The highest BCUT2D eigenvalue weighted by Gasteiger charge is 2.25. The summed E-state index contributed by atoms with van der Waals surface area (Å²) in [6, 6.07) is 7.19. The van der Waals surface area contributed by atoms with Gasteiger partial charge in [0, 0.05) is 76.4 Å². The lowest BCUT2D eigenvalue weighted by Crippen LogP contribution is -2.17. The van der Waals surface area contributed by atoms with Crippen molar-refractivity contribution < 1.29 is 42.1 Å². The van der Waals surface area contributed by atoms with E-state index in [0.29, 0.717) is 66.0 Å². The third-order valence-corrected chi connectivity index (χ3v) is 9.80. The molecule has 8 rings (SSSR count). The van der Waals surface area contributed by atoms with Crippen LogP contribution >= 0.6 is 0 Å². The monoisotopic (exact) mass is 824 g/mol. The molecule has 0 spiro atoms. The molecule has 17 nitrogen and oxygen atoms in total. The topological polar surface area (TPSA) is 197 Å². The van der Waals surface area contributed by atoms with Crippen molar-refractivity contribution in [2.75, 3.05) is 43.7 Å². The Labute approximate surface area is 341 Å². The number of aliphatic hydroxyl groups excluding tert-OH is 1. The molecule has 2 amide bonds. The Kier molecular flexibility index (Phi) is 11.8. The van der Waals surface area contributed by atoms with Gasteiger partial charge in [0.1, 0.15) is 51.3 Å². The van der Waals surface area contributed by atoms with E-state index >= 15 is 0 Å². The molecule has 1 unspecified atom stereocenters. The third kappa shape index (κ3) is 8.96. The lowest BCUT2D eigenvalue weighted by atomic mass is 10.0. The Morgan fingerprint density at radius 1 is 0.933 bits per heavy atom. The van der Waals surface area contributed by atoms with Gasteiger partial charge in [-0.2, -0.15) is 5.10 Å². The minimum Gasteiger partial charge on any atom is -0.491 e. The standard InChI is InChI=1S/C41H42F2N10O7/c1-3-58-33-15-36-46-27(14-24-9-12-57-23-24)20-53(36)21-30(33)49-40(56)37-32(60-41(50-37)25-17-44-51(2)18-25)10-13-59-34-16-35-45-26(6-5-11-54)19-52(35)22-31(34)48-39(55)29-8-4-7-28(47-29)38(42)43/h4,7-8,15-22,24,38,54H,3,5-6,9-14,23H2,1-2H3,(H,48,55)(H,49,56). The van der Waals surface area contributed by atoms with E-state index in [2.05, 4.69) is 30.7 Å². The first-order chi connectivity index (χ1) is 29.1. The number of amides is 2. The van der Waals surface area contributed by atoms with E-state index in [0.717, 1.165) is 31.2 Å². The second kappa shape index (κ2) is 17.6. The highest BCUT2D eigenvalue weighted by Crippen LogP contribution is 2.31. The Morgan fingerprint density at radius 2 is 1.67 bits per heavy atom. The van der Waals surface area contributed by atoms with Crippen LogP contribution in [0.2, 0.25) is 0 Å². The molecule has 1 atom stereocenters. The molecule has 0 aliphatic carbocycles. The number of carbonyl (C=O) groups excluding carboxylic acids is 2. The number of halogens is 2. The summed E-state index contributed by atoms with van der Waals surface area (Å²) in [5.41, 5.74) is 3.17. The molecule has 8 heterocycles. The first-order valence-corrected chi connectivity index (χ1v) is 19.5. The second-order valence-electron chi connectivity index (χ2n) is 14.2. The quantitative estimate of drug-likeness (QED) is 0.101. The zero-order valence-corrected chi connectivity index (χ0v) is 32.8. The number of aryl methyl sites for hydroxylation is 2. The van der Waals surface area contributed by atoms with E-state index in [9.17, 15) is 23.5 Å². The van der Waals surface area contributed by atoms with Crippen molar-refractivity contribution in [2.45, 2.75) is 45.5 Å². The van der Waals surface area contributed by atoms with E-state index in [1.807, 2.05) is 17.5 Å². The largest absolute Gasteiger partial charge is 0.491 e. The lowest BCUT2D eigenvalue weighted by molar-refractivity contribution is 0.101. The maximum Gasteiger partial charge on any atom is 0.280 e. The number of oxazole rings is 1. The number of imidazole rings is 2. The summed E-state index contributed by atoms with van der Waals surface area (Å²) in [5.74, 6) is 0.105. The predicted molar refractivity (Wildman–Crippen MR) is 213 cm³/mol. The molecule has 1 fully saturated rings. The number of aliphatic hydroxyl groups is 1. The number of alkyl halides is 2. The number of nitrogens with zero attached hydrogens (tertiary/aromatic N) is 8. The maximum atomic E-state index is 14.1. The Balaban J connectivity index is 1.06. The van der Waals surface area contributed by atoms with Crippen molar-refractivity contribution in [3.05, 3.63) is 102 Å². The van der Waals surface area contributed by atoms with Crippen LogP contribution in [0.1, 0.15) is 70.0 Å². The summed E-state index contributed by atoms with van der Waals surface area (Å²) in [6.45, 7) is 3.58. The van der Waals surface area contributed by atoms with Gasteiger partial charge in [0.25, 0.3) is 18.2 Å². The van der Waals surface area contributed by atoms with Crippen LogP contribution in [0.5, 0.6) is 11.5 Å². The normalized spacial score (nSPS) is 14.1. The molecule has 19 heteroatoms. The highest BCUT2D eigenvalue weighted by atomic mass is 19.3. The molecule has 3 N–H and O–H groups in total. The van der Waals surface area contributed by atoms with Gasteiger partial charge in [0.15, 0.2) is 5.69 Å². The fraction of sp³-hybridized carbons (Fsp3) is 0.341. The molecule has 1 aliphatic heterocycles. The van der Waals surface area contributed by atoms with E-state index < -0.39 is 23.9 Å². The van der Waals surface area contributed by atoms with E-state index in [-0.39, 0.29) is 54.1 Å². The smallest absolute Gasteiger partial charge is 0.280 e. The second-order valence-corrected chi connectivity index (χ2v) is 14.2. The van der Waals surface area contributed by atoms with Crippen molar-refractivity contribution in [1.82, 2.24) is 38.5 Å². The summed E-state index contributed by atoms with van der Waals surface area (Å²) >= 11 is 0. The van der Waals surface area contributed by atoms with Gasteiger partial charge in [0.2, 0.25) is 5.89 Å². The predicted octanol–water partition coefficient (Wildman–Crippen LogP) is 5.73. The van der Waals surface area contributed by atoms with E-state index in [1.165, 1.54) is 12.1 Å². The average Bonchev–Trinajstić information content (AvgIpc) is 4.09. The molecule has 60 heavy (non-hydrogen) atoms. The molecule has 0 radical (unpaired) electrons. The average molecular weight is 825 g/mol. The van der Waals surface area contributed by atoms with Crippen molar-refractivity contribution in [3.63, 3.8) is 0 Å². The molecule has 0 aromatic carbocycles. The molecule has 1 aliphatic rings. The Bertz CT molecular complexity index is 2650. The van der Waals surface area contributed by atoms with Crippen molar-refractivity contribution in [3.8, 4) is 23.0 Å². The number of hydrogen-bond donors (Lipinski definition) is 3. The number of aromatic nitrogens is 8. The fourth-order valence-electron chi connectivity index (χ4n) is 6.91. The maximum absolute atomic E-state index is 14.1. The SMILES string of the molecule is CCOc1cc2nc(CC3CCOC3)cn2cc1NC(=O)c1nc(-c2cnn(C)c2)oc1CCOc1cc2nc(CCCO)cn2cc1NC(=O)c1cccc(C(F)F)n1. The van der Waals surface area contributed by atoms with Gasteiger partial charge in [-0.15, -0.1) is 0 Å².